The molecular formula is C15H19N5O4. The third-order valence-corrected chi connectivity index (χ3v) is 3.99. The highest BCUT2D eigenvalue weighted by molar-refractivity contribution is 5.78. The summed E-state index contributed by atoms with van der Waals surface area (Å²) in [5, 5.41) is 7.45. The van der Waals surface area contributed by atoms with Gasteiger partial charge in [-0.25, -0.2) is 9.61 Å². The van der Waals surface area contributed by atoms with E-state index < -0.39 is 0 Å². The number of amides is 1. The second-order valence-corrected chi connectivity index (χ2v) is 5.86. The van der Waals surface area contributed by atoms with Gasteiger partial charge in [0.15, 0.2) is 0 Å². The molecule has 0 aromatic carbocycles. The molecule has 24 heavy (non-hydrogen) atoms. The fourth-order valence-electron chi connectivity index (χ4n) is 2.71. The molecule has 1 aliphatic rings. The average Bonchev–Trinajstić information content (AvgIpc) is 2.81. The lowest BCUT2D eigenvalue weighted by Crippen LogP contribution is -2.37. The number of aromatic amines is 1. The van der Waals surface area contributed by atoms with Crippen molar-refractivity contribution in [1.29, 1.82) is 0 Å². The van der Waals surface area contributed by atoms with Gasteiger partial charge in [0.2, 0.25) is 5.91 Å². The highest BCUT2D eigenvalue weighted by Crippen LogP contribution is 2.13. The Bertz CT molecular complexity index is 756. The van der Waals surface area contributed by atoms with Gasteiger partial charge in [0.25, 0.3) is 5.56 Å². The molecule has 1 N–H and O–H groups in total. The maximum Gasteiger partial charge on any atom is 0.250 e. The van der Waals surface area contributed by atoms with Gasteiger partial charge in [-0.1, -0.05) is 10.3 Å². The van der Waals surface area contributed by atoms with E-state index in [-0.39, 0.29) is 23.8 Å². The van der Waals surface area contributed by atoms with E-state index in [1.54, 1.807) is 11.8 Å². The van der Waals surface area contributed by atoms with Crippen molar-refractivity contribution in [2.45, 2.75) is 19.8 Å². The number of rotatable bonds is 4. The number of carbonyl (C=O) groups excluding carboxylic acids is 1. The van der Waals surface area contributed by atoms with Crippen LogP contribution in [0.2, 0.25) is 0 Å². The average molecular weight is 333 g/mol. The summed E-state index contributed by atoms with van der Waals surface area (Å²) in [6, 6.07) is 1.47. The van der Waals surface area contributed by atoms with Crippen molar-refractivity contribution in [3.05, 3.63) is 39.8 Å². The second-order valence-electron chi connectivity index (χ2n) is 5.86. The summed E-state index contributed by atoms with van der Waals surface area (Å²) in [7, 11) is 0. The summed E-state index contributed by atoms with van der Waals surface area (Å²) in [6.07, 6.45) is 2.13. The van der Waals surface area contributed by atoms with Crippen molar-refractivity contribution < 1.29 is 14.2 Å². The van der Waals surface area contributed by atoms with Gasteiger partial charge in [-0.3, -0.25) is 9.59 Å². The Balaban J connectivity index is 1.64. The van der Waals surface area contributed by atoms with Crippen LogP contribution in [0.5, 0.6) is 0 Å². The number of aryl methyl sites for hydroxylation is 1. The van der Waals surface area contributed by atoms with E-state index in [0.29, 0.717) is 49.8 Å². The zero-order chi connectivity index (χ0) is 16.9. The third kappa shape index (κ3) is 4.05. The molecule has 2 aromatic rings. The summed E-state index contributed by atoms with van der Waals surface area (Å²) >= 11 is 0. The molecular weight excluding hydrogens is 314 g/mol. The van der Waals surface area contributed by atoms with Crippen LogP contribution in [0.1, 0.15) is 17.1 Å². The molecule has 1 aliphatic heterocycles. The predicted molar refractivity (Wildman–Crippen MR) is 82.2 cm³/mol. The van der Waals surface area contributed by atoms with Crippen LogP contribution in [-0.4, -0.2) is 57.4 Å². The van der Waals surface area contributed by atoms with Crippen LogP contribution < -0.4 is 5.56 Å². The Morgan fingerprint density at radius 2 is 2.33 bits per heavy atom. The molecule has 3 heterocycles. The van der Waals surface area contributed by atoms with Crippen LogP contribution in [0.4, 0.5) is 0 Å². The minimum Gasteiger partial charge on any atom is -0.379 e. The first-order valence-corrected chi connectivity index (χ1v) is 7.79. The molecule has 1 fully saturated rings. The Morgan fingerprint density at radius 3 is 3.08 bits per heavy atom. The second kappa shape index (κ2) is 7.35. The number of ether oxygens (including phenoxy) is 1. The first-order valence-electron chi connectivity index (χ1n) is 7.79. The summed E-state index contributed by atoms with van der Waals surface area (Å²) in [5.41, 5.74) is 1.69. The Morgan fingerprint density at radius 1 is 1.46 bits per heavy atom. The third-order valence-electron chi connectivity index (χ3n) is 3.99. The predicted octanol–water partition coefficient (Wildman–Crippen LogP) is -0.278. The lowest BCUT2D eigenvalue weighted by molar-refractivity contribution is -0.131. The Hall–Kier alpha value is -2.55. The van der Waals surface area contributed by atoms with Gasteiger partial charge in [0.05, 0.1) is 26.0 Å². The molecule has 0 aliphatic carbocycles. The highest BCUT2D eigenvalue weighted by Gasteiger charge is 2.24. The maximum absolute atomic E-state index is 12.5. The molecule has 9 heteroatoms. The summed E-state index contributed by atoms with van der Waals surface area (Å²) < 4.78 is 10.2. The van der Waals surface area contributed by atoms with Crippen molar-refractivity contribution in [1.82, 2.24) is 25.2 Å². The maximum atomic E-state index is 12.5. The van der Waals surface area contributed by atoms with E-state index in [9.17, 15) is 9.59 Å². The van der Waals surface area contributed by atoms with Gasteiger partial charge >= 0.3 is 0 Å². The Labute approximate surface area is 138 Å². The monoisotopic (exact) mass is 333 g/mol. The first kappa shape index (κ1) is 16.3. The molecule has 0 unspecified atom stereocenters. The zero-order valence-electron chi connectivity index (χ0n) is 13.4. The zero-order valence-corrected chi connectivity index (χ0v) is 13.4. The SMILES string of the molecule is Cc1nonc1CC(=O)N1CCOC[C@H](Cc2cc(=O)[nH]cn2)C1. The van der Waals surface area contributed by atoms with Crippen molar-refractivity contribution in [2.75, 3.05) is 26.3 Å². The van der Waals surface area contributed by atoms with Crippen molar-refractivity contribution in [3.8, 4) is 0 Å². The number of nitrogens with zero attached hydrogens (tertiary/aromatic N) is 4. The largest absolute Gasteiger partial charge is 0.379 e. The lowest BCUT2D eigenvalue weighted by atomic mass is 10.0. The normalized spacial score (nSPS) is 18.4. The van der Waals surface area contributed by atoms with Crippen LogP contribution in [0.25, 0.3) is 0 Å². The molecule has 128 valence electrons. The molecule has 2 aromatic heterocycles. The minimum atomic E-state index is -0.184. The molecule has 1 atom stereocenters. The number of aromatic nitrogens is 4. The first-order chi connectivity index (χ1) is 11.6. The van der Waals surface area contributed by atoms with Crippen LogP contribution in [-0.2, 0) is 22.4 Å². The summed E-state index contributed by atoms with van der Waals surface area (Å²) in [4.78, 5) is 32.3. The number of hydrogen-bond acceptors (Lipinski definition) is 7. The van der Waals surface area contributed by atoms with E-state index in [1.165, 1.54) is 12.4 Å². The van der Waals surface area contributed by atoms with Crippen molar-refractivity contribution in [3.63, 3.8) is 0 Å². The van der Waals surface area contributed by atoms with Gasteiger partial charge in [0.1, 0.15) is 11.4 Å². The van der Waals surface area contributed by atoms with Crippen molar-refractivity contribution >= 4 is 5.91 Å². The smallest absolute Gasteiger partial charge is 0.250 e. The number of carbonyl (C=O) groups is 1. The van der Waals surface area contributed by atoms with Gasteiger partial charge in [-0.15, -0.1) is 0 Å². The highest BCUT2D eigenvalue weighted by atomic mass is 16.6. The molecule has 1 saturated heterocycles. The van der Waals surface area contributed by atoms with Gasteiger partial charge < -0.3 is 14.6 Å². The van der Waals surface area contributed by atoms with E-state index in [2.05, 4.69) is 24.9 Å². The van der Waals surface area contributed by atoms with Gasteiger partial charge in [0, 0.05) is 30.8 Å². The molecule has 0 radical (unpaired) electrons. The minimum absolute atomic E-state index is 0.0387. The van der Waals surface area contributed by atoms with Crippen molar-refractivity contribution in [2.24, 2.45) is 5.92 Å². The van der Waals surface area contributed by atoms with E-state index in [4.69, 9.17) is 4.74 Å². The fourth-order valence-corrected chi connectivity index (χ4v) is 2.71. The molecule has 0 spiro atoms. The quantitative estimate of drug-likeness (QED) is 0.818. The summed E-state index contributed by atoms with van der Waals surface area (Å²) in [6.45, 7) is 3.86. The van der Waals surface area contributed by atoms with E-state index in [1.807, 2.05) is 0 Å². The number of H-pyrrole nitrogens is 1. The topological polar surface area (TPSA) is 114 Å². The van der Waals surface area contributed by atoms with Crippen LogP contribution in [0.3, 0.4) is 0 Å². The number of nitrogens with one attached hydrogen (secondary N) is 1. The van der Waals surface area contributed by atoms with Gasteiger partial charge in [-0.05, 0) is 13.3 Å². The molecule has 3 rings (SSSR count). The van der Waals surface area contributed by atoms with Gasteiger partial charge in [-0.2, -0.15) is 0 Å². The molecule has 0 saturated carbocycles. The Kier molecular flexibility index (Phi) is 4.99. The molecule has 1 amide bonds. The van der Waals surface area contributed by atoms with E-state index >= 15 is 0 Å². The molecule has 0 bridgehead atoms. The van der Waals surface area contributed by atoms with Crippen LogP contribution >= 0.6 is 0 Å². The van der Waals surface area contributed by atoms with E-state index in [0.717, 1.165) is 0 Å². The standard InChI is InChI=1S/C15H19N5O4/c1-10-13(19-24-18-10)6-15(22)20-2-3-23-8-11(7-20)4-12-5-14(21)17-9-16-12/h5,9,11H,2-4,6-8H2,1H3,(H,16,17,21)/t11-/m1/s1. The molecule has 9 nitrogen and oxygen atoms in total. The van der Waals surface area contributed by atoms with Crippen LogP contribution in [0, 0.1) is 12.8 Å². The summed E-state index contributed by atoms with van der Waals surface area (Å²) in [5.74, 6) is 0.0467. The fraction of sp³-hybridized carbons (Fsp3) is 0.533. The number of hydrogen-bond donors (Lipinski definition) is 1. The lowest BCUT2D eigenvalue weighted by Gasteiger charge is -2.23. The van der Waals surface area contributed by atoms with Crippen LogP contribution in [0.15, 0.2) is 21.8 Å².